The Morgan fingerprint density at radius 3 is 2.20 bits per heavy atom. The second kappa shape index (κ2) is 7.14. The average molecular weight is 399 g/mol. The van der Waals surface area contributed by atoms with Crippen LogP contribution in [0.1, 0.15) is 12.5 Å². The molecule has 1 unspecified atom stereocenters. The van der Waals surface area contributed by atoms with E-state index in [1.165, 1.54) is 5.56 Å². The summed E-state index contributed by atoms with van der Waals surface area (Å²) >= 11 is 7.14. The maximum absolute atomic E-state index is 5.17. The maximum atomic E-state index is 5.17. The van der Waals surface area contributed by atoms with Crippen molar-refractivity contribution in [3.05, 3.63) is 57.0 Å². The Hall–Kier alpha value is -1.00. The molecule has 106 valence electrons. The van der Waals surface area contributed by atoms with Gasteiger partial charge in [0.2, 0.25) is 0 Å². The van der Waals surface area contributed by atoms with Crippen molar-refractivity contribution in [3.8, 4) is 5.75 Å². The van der Waals surface area contributed by atoms with E-state index in [2.05, 4.69) is 56.2 Å². The minimum Gasteiger partial charge on any atom is -0.497 e. The summed E-state index contributed by atoms with van der Waals surface area (Å²) in [4.78, 5) is 0. The van der Waals surface area contributed by atoms with Gasteiger partial charge in [-0.05, 0) is 75.0 Å². The van der Waals surface area contributed by atoms with E-state index in [1.54, 1.807) is 7.11 Å². The molecule has 1 N–H and O–H groups in total. The number of hydrogen-bond donors (Lipinski definition) is 1. The molecule has 2 aromatic rings. The number of nitrogens with one attached hydrogen (secondary N) is 1. The first-order valence-corrected chi connectivity index (χ1v) is 8.02. The average Bonchev–Trinajstić information content (AvgIpc) is 2.44. The quantitative estimate of drug-likeness (QED) is 0.741. The number of rotatable bonds is 5. The predicted octanol–water partition coefficient (Wildman–Crippen LogP) is 5.26. The molecule has 2 rings (SSSR count). The summed E-state index contributed by atoms with van der Waals surface area (Å²) in [5.74, 6) is 0.892. The molecule has 0 aliphatic heterocycles. The van der Waals surface area contributed by atoms with Gasteiger partial charge in [-0.2, -0.15) is 0 Å². The molecule has 0 saturated carbocycles. The van der Waals surface area contributed by atoms with Gasteiger partial charge in [-0.25, -0.2) is 0 Å². The lowest BCUT2D eigenvalue weighted by molar-refractivity contribution is 0.414. The SMILES string of the molecule is COc1ccc(CC(C)Nc2c(Br)cccc2Br)cc1. The molecule has 2 aromatic carbocycles. The van der Waals surface area contributed by atoms with E-state index in [4.69, 9.17) is 4.74 Å². The van der Waals surface area contributed by atoms with Gasteiger partial charge in [-0.3, -0.25) is 0 Å². The van der Waals surface area contributed by atoms with Gasteiger partial charge in [0.25, 0.3) is 0 Å². The number of halogens is 2. The van der Waals surface area contributed by atoms with Crippen molar-refractivity contribution in [2.24, 2.45) is 0 Å². The first kappa shape index (κ1) is 15.4. The number of hydrogen-bond acceptors (Lipinski definition) is 2. The molecule has 0 radical (unpaired) electrons. The highest BCUT2D eigenvalue weighted by atomic mass is 79.9. The maximum Gasteiger partial charge on any atom is 0.118 e. The van der Waals surface area contributed by atoms with Gasteiger partial charge in [0.05, 0.1) is 12.8 Å². The first-order chi connectivity index (χ1) is 9.60. The van der Waals surface area contributed by atoms with Crippen LogP contribution in [-0.2, 0) is 6.42 Å². The largest absolute Gasteiger partial charge is 0.497 e. The second-order valence-corrected chi connectivity index (χ2v) is 6.40. The highest BCUT2D eigenvalue weighted by Gasteiger charge is 2.09. The molecule has 0 aliphatic carbocycles. The summed E-state index contributed by atoms with van der Waals surface area (Å²) in [6.07, 6.45) is 0.956. The van der Waals surface area contributed by atoms with E-state index in [1.807, 2.05) is 30.3 Å². The molecule has 4 heteroatoms. The predicted molar refractivity (Wildman–Crippen MR) is 91.6 cm³/mol. The van der Waals surface area contributed by atoms with Gasteiger partial charge in [-0.1, -0.05) is 18.2 Å². The first-order valence-electron chi connectivity index (χ1n) is 6.43. The molecule has 1 atom stereocenters. The van der Waals surface area contributed by atoms with Crippen molar-refractivity contribution < 1.29 is 4.74 Å². The molecular weight excluding hydrogens is 382 g/mol. The molecule has 20 heavy (non-hydrogen) atoms. The molecular formula is C16H17Br2NO. The number of anilines is 1. The zero-order valence-electron chi connectivity index (χ0n) is 11.5. The van der Waals surface area contributed by atoms with Crippen molar-refractivity contribution in [2.45, 2.75) is 19.4 Å². The van der Waals surface area contributed by atoms with Crippen LogP contribution >= 0.6 is 31.9 Å². The van der Waals surface area contributed by atoms with E-state index in [-0.39, 0.29) is 0 Å². The summed E-state index contributed by atoms with van der Waals surface area (Å²) in [7, 11) is 1.68. The standard InChI is InChI=1S/C16H17Br2NO/c1-11(10-12-6-8-13(20-2)9-7-12)19-16-14(17)4-3-5-15(16)18/h3-9,11,19H,10H2,1-2H3. The molecule has 0 amide bonds. The number of benzene rings is 2. The van der Waals surface area contributed by atoms with Gasteiger partial charge < -0.3 is 10.1 Å². The minimum absolute atomic E-state index is 0.332. The van der Waals surface area contributed by atoms with Gasteiger partial charge in [0.1, 0.15) is 5.75 Å². The smallest absolute Gasteiger partial charge is 0.118 e. The van der Waals surface area contributed by atoms with Gasteiger partial charge in [-0.15, -0.1) is 0 Å². The number of para-hydroxylation sites is 1. The third-order valence-electron chi connectivity index (χ3n) is 3.05. The van der Waals surface area contributed by atoms with Crippen LogP contribution in [0.25, 0.3) is 0 Å². The van der Waals surface area contributed by atoms with Crippen molar-refractivity contribution in [1.29, 1.82) is 0 Å². The summed E-state index contributed by atoms with van der Waals surface area (Å²) < 4.78 is 7.30. The Kier molecular flexibility index (Phi) is 5.49. The fourth-order valence-electron chi connectivity index (χ4n) is 2.05. The fraction of sp³-hybridized carbons (Fsp3) is 0.250. The molecule has 2 nitrogen and oxygen atoms in total. The molecule has 0 aliphatic rings. The third kappa shape index (κ3) is 4.00. The lowest BCUT2D eigenvalue weighted by Gasteiger charge is -2.18. The lowest BCUT2D eigenvalue weighted by atomic mass is 10.1. The van der Waals surface area contributed by atoms with E-state index in [0.29, 0.717) is 6.04 Å². The van der Waals surface area contributed by atoms with Crippen LogP contribution in [0.3, 0.4) is 0 Å². The molecule has 0 bridgehead atoms. The topological polar surface area (TPSA) is 21.3 Å². The zero-order chi connectivity index (χ0) is 14.5. The van der Waals surface area contributed by atoms with E-state index < -0.39 is 0 Å². The van der Waals surface area contributed by atoms with Crippen molar-refractivity contribution in [2.75, 3.05) is 12.4 Å². The van der Waals surface area contributed by atoms with E-state index >= 15 is 0 Å². The molecule has 0 heterocycles. The summed E-state index contributed by atoms with van der Waals surface area (Å²) in [6, 6.07) is 14.6. The van der Waals surface area contributed by atoms with Crippen LogP contribution < -0.4 is 10.1 Å². The Labute approximate surface area is 136 Å². The number of methoxy groups -OCH3 is 1. The van der Waals surface area contributed by atoms with Crippen LogP contribution in [0, 0.1) is 0 Å². The Balaban J connectivity index is 2.03. The highest BCUT2D eigenvalue weighted by Crippen LogP contribution is 2.31. The minimum atomic E-state index is 0.332. The molecule has 0 fully saturated rings. The van der Waals surface area contributed by atoms with Crippen molar-refractivity contribution in [1.82, 2.24) is 0 Å². The second-order valence-electron chi connectivity index (χ2n) is 4.69. The van der Waals surface area contributed by atoms with Crippen LogP contribution in [-0.4, -0.2) is 13.2 Å². The number of ether oxygens (including phenoxy) is 1. The van der Waals surface area contributed by atoms with Crippen molar-refractivity contribution >= 4 is 37.5 Å². The molecule has 0 spiro atoms. The fourth-order valence-corrected chi connectivity index (χ4v) is 3.28. The normalized spacial score (nSPS) is 12.0. The van der Waals surface area contributed by atoms with Gasteiger partial charge >= 0.3 is 0 Å². The third-order valence-corrected chi connectivity index (χ3v) is 4.38. The molecule has 0 saturated heterocycles. The lowest BCUT2D eigenvalue weighted by Crippen LogP contribution is -2.18. The van der Waals surface area contributed by atoms with Crippen LogP contribution in [0.4, 0.5) is 5.69 Å². The zero-order valence-corrected chi connectivity index (χ0v) is 14.7. The Bertz CT molecular complexity index is 549. The molecule has 0 aromatic heterocycles. The Morgan fingerprint density at radius 2 is 1.65 bits per heavy atom. The summed E-state index contributed by atoms with van der Waals surface area (Å²) in [6.45, 7) is 2.18. The monoisotopic (exact) mass is 397 g/mol. The summed E-state index contributed by atoms with van der Waals surface area (Å²) in [5.41, 5.74) is 2.38. The van der Waals surface area contributed by atoms with Crippen molar-refractivity contribution in [3.63, 3.8) is 0 Å². The highest BCUT2D eigenvalue weighted by molar-refractivity contribution is 9.11. The van der Waals surface area contributed by atoms with Crippen LogP contribution in [0.15, 0.2) is 51.4 Å². The Morgan fingerprint density at radius 1 is 1.05 bits per heavy atom. The van der Waals surface area contributed by atoms with E-state index in [0.717, 1.165) is 26.8 Å². The van der Waals surface area contributed by atoms with Crippen LogP contribution in [0.2, 0.25) is 0 Å². The van der Waals surface area contributed by atoms with Crippen LogP contribution in [0.5, 0.6) is 5.75 Å². The van der Waals surface area contributed by atoms with Gasteiger partial charge in [0.15, 0.2) is 0 Å². The van der Waals surface area contributed by atoms with E-state index in [9.17, 15) is 0 Å². The van der Waals surface area contributed by atoms with Gasteiger partial charge in [0, 0.05) is 15.0 Å². The summed E-state index contributed by atoms with van der Waals surface area (Å²) in [5, 5.41) is 3.53.